The minimum absolute atomic E-state index is 0.0869. The van der Waals surface area contributed by atoms with Crippen molar-refractivity contribution in [1.29, 1.82) is 0 Å². The Bertz CT molecular complexity index is 761. The lowest BCUT2D eigenvalue weighted by atomic mass is 10.2. The van der Waals surface area contributed by atoms with E-state index < -0.39 is 24.3 Å². The molecule has 0 saturated heterocycles. The highest BCUT2D eigenvalue weighted by molar-refractivity contribution is 7.92. The SMILES string of the molecule is O=[P+](O)CNS(=O)(=O)c1cc2cc(OCCCl)ccc2s1. The molecule has 2 rings (SSSR count). The van der Waals surface area contributed by atoms with Crippen LogP contribution >= 0.6 is 31.0 Å². The van der Waals surface area contributed by atoms with Crippen LogP contribution in [0.25, 0.3) is 10.1 Å². The Morgan fingerprint density at radius 3 is 2.81 bits per heavy atom. The van der Waals surface area contributed by atoms with Crippen molar-refractivity contribution in [3.8, 4) is 5.75 Å². The predicted molar refractivity (Wildman–Crippen MR) is 83.1 cm³/mol. The van der Waals surface area contributed by atoms with Crippen LogP contribution in [0.5, 0.6) is 5.75 Å². The first-order chi connectivity index (χ1) is 9.92. The van der Waals surface area contributed by atoms with E-state index >= 15 is 0 Å². The van der Waals surface area contributed by atoms with Gasteiger partial charge in [0, 0.05) is 4.70 Å². The van der Waals surface area contributed by atoms with E-state index in [2.05, 4.69) is 4.72 Å². The summed E-state index contributed by atoms with van der Waals surface area (Å²) in [6, 6.07) is 6.72. The normalized spacial score (nSPS) is 12.6. The lowest BCUT2D eigenvalue weighted by Gasteiger charge is -2.02. The minimum Gasteiger partial charge on any atom is -0.492 e. The molecule has 0 spiro atoms. The average Bonchev–Trinajstić information content (AvgIpc) is 2.87. The second kappa shape index (κ2) is 7.00. The smallest absolute Gasteiger partial charge is 0.492 e. The van der Waals surface area contributed by atoms with Crippen molar-refractivity contribution in [2.24, 2.45) is 0 Å². The third-order valence-corrected chi connectivity index (χ3v) is 6.25. The highest BCUT2D eigenvalue weighted by atomic mass is 35.5. The van der Waals surface area contributed by atoms with Crippen LogP contribution in [0.3, 0.4) is 0 Å². The van der Waals surface area contributed by atoms with Crippen molar-refractivity contribution in [1.82, 2.24) is 4.72 Å². The first-order valence-electron chi connectivity index (χ1n) is 5.78. The molecule has 0 radical (unpaired) electrons. The van der Waals surface area contributed by atoms with Gasteiger partial charge in [-0.1, -0.05) is 0 Å². The summed E-state index contributed by atoms with van der Waals surface area (Å²) in [5.74, 6) is 0.973. The van der Waals surface area contributed by atoms with E-state index in [0.717, 1.165) is 21.4 Å². The molecular formula is C11H12ClNO5PS2+. The quantitative estimate of drug-likeness (QED) is 0.578. The van der Waals surface area contributed by atoms with Gasteiger partial charge in [-0.05, 0) is 34.2 Å². The summed E-state index contributed by atoms with van der Waals surface area (Å²) in [6.07, 6.45) is -0.504. The molecule has 0 aliphatic heterocycles. The maximum atomic E-state index is 12.0. The molecule has 1 unspecified atom stereocenters. The Balaban J connectivity index is 2.27. The van der Waals surface area contributed by atoms with Gasteiger partial charge in [0.25, 0.3) is 10.0 Å². The molecule has 21 heavy (non-hydrogen) atoms. The van der Waals surface area contributed by atoms with Crippen LogP contribution in [-0.4, -0.2) is 32.1 Å². The maximum absolute atomic E-state index is 12.0. The van der Waals surface area contributed by atoms with E-state index in [-0.39, 0.29) is 4.21 Å². The van der Waals surface area contributed by atoms with Gasteiger partial charge in [0.1, 0.15) is 16.6 Å². The zero-order valence-corrected chi connectivity index (χ0v) is 13.9. The van der Waals surface area contributed by atoms with Crippen LogP contribution in [-0.2, 0) is 14.6 Å². The van der Waals surface area contributed by atoms with E-state index in [1.165, 1.54) is 6.07 Å². The number of hydrogen-bond acceptors (Lipinski definition) is 5. The summed E-state index contributed by atoms with van der Waals surface area (Å²) >= 11 is 6.62. The van der Waals surface area contributed by atoms with Crippen molar-refractivity contribution in [2.45, 2.75) is 4.21 Å². The lowest BCUT2D eigenvalue weighted by Crippen LogP contribution is -2.22. The number of sulfonamides is 1. The first kappa shape index (κ1) is 16.6. The highest BCUT2D eigenvalue weighted by Crippen LogP contribution is 2.31. The summed E-state index contributed by atoms with van der Waals surface area (Å²) < 4.78 is 42.9. The fourth-order valence-electron chi connectivity index (χ4n) is 1.59. The molecule has 2 aromatic rings. The number of benzene rings is 1. The first-order valence-corrected chi connectivity index (χ1v) is 10.0. The second-order valence-corrected chi connectivity index (χ2v) is 8.44. The van der Waals surface area contributed by atoms with Crippen LogP contribution in [0.2, 0.25) is 0 Å². The monoisotopic (exact) mass is 368 g/mol. The number of alkyl halides is 1. The van der Waals surface area contributed by atoms with Gasteiger partial charge in [0.15, 0.2) is 0 Å². The zero-order chi connectivity index (χ0) is 15.5. The number of thiophene rings is 1. The second-order valence-electron chi connectivity index (χ2n) is 3.96. The Morgan fingerprint density at radius 2 is 2.14 bits per heavy atom. The van der Waals surface area contributed by atoms with Crippen molar-refractivity contribution in [3.05, 3.63) is 24.3 Å². The fourth-order valence-corrected chi connectivity index (χ4v) is 4.87. The van der Waals surface area contributed by atoms with Gasteiger partial charge < -0.3 is 4.74 Å². The Kier molecular flexibility index (Phi) is 5.54. The Hall–Kier alpha value is -0.760. The fraction of sp³-hybridized carbons (Fsp3) is 0.273. The van der Waals surface area contributed by atoms with Crippen LogP contribution in [0.4, 0.5) is 0 Å². The lowest BCUT2D eigenvalue weighted by molar-refractivity contribution is 0.343. The van der Waals surface area contributed by atoms with Gasteiger partial charge in [-0.15, -0.1) is 22.9 Å². The number of halogens is 1. The van der Waals surface area contributed by atoms with Crippen LogP contribution < -0.4 is 9.46 Å². The van der Waals surface area contributed by atoms with Gasteiger partial charge in [-0.25, -0.2) is 8.42 Å². The molecule has 1 heterocycles. The number of hydrogen-bond donors (Lipinski definition) is 2. The minimum atomic E-state index is -3.78. The molecule has 0 aliphatic rings. The van der Waals surface area contributed by atoms with E-state index in [1.807, 2.05) is 0 Å². The summed E-state index contributed by atoms with van der Waals surface area (Å²) in [5, 5.41) is 0.723. The number of fused-ring (bicyclic) bond motifs is 1. The molecule has 1 aromatic carbocycles. The standard InChI is InChI=1S/C11H11ClNO5PS2/c12-3-4-18-9-1-2-10-8(5-9)6-11(20-10)21(16,17)13-7-19(14)15/h1-2,5-6,13H,3-4,7H2/p+1. The van der Waals surface area contributed by atoms with Crippen LogP contribution in [0.15, 0.2) is 28.5 Å². The molecule has 1 atom stereocenters. The van der Waals surface area contributed by atoms with E-state index in [9.17, 15) is 13.0 Å². The number of ether oxygens (including phenoxy) is 1. The molecule has 0 aliphatic carbocycles. The van der Waals surface area contributed by atoms with E-state index in [1.54, 1.807) is 18.2 Å². The molecule has 2 N–H and O–H groups in total. The maximum Gasteiger partial charge on any atom is 0.522 e. The molecular weight excluding hydrogens is 357 g/mol. The van der Waals surface area contributed by atoms with Crippen molar-refractivity contribution >= 4 is 51.1 Å². The zero-order valence-electron chi connectivity index (χ0n) is 10.7. The number of rotatable bonds is 7. The molecule has 0 saturated carbocycles. The van der Waals surface area contributed by atoms with E-state index in [4.69, 9.17) is 21.2 Å². The molecule has 6 nitrogen and oxygen atoms in total. The number of nitrogens with one attached hydrogen (secondary N) is 1. The van der Waals surface area contributed by atoms with Gasteiger partial charge in [-0.3, -0.25) is 0 Å². The summed E-state index contributed by atoms with van der Waals surface area (Å²) in [6.45, 7) is 0.369. The molecule has 1 aromatic heterocycles. The Morgan fingerprint density at radius 1 is 1.38 bits per heavy atom. The molecule has 10 heteroatoms. The van der Waals surface area contributed by atoms with Crippen LogP contribution in [0.1, 0.15) is 0 Å². The summed E-state index contributed by atoms with van der Waals surface area (Å²) in [5.41, 5.74) is 0. The highest BCUT2D eigenvalue weighted by Gasteiger charge is 2.22. The van der Waals surface area contributed by atoms with Gasteiger partial charge in [-0.2, -0.15) is 9.62 Å². The third kappa shape index (κ3) is 4.35. The topological polar surface area (TPSA) is 92.7 Å². The summed E-state index contributed by atoms with van der Waals surface area (Å²) in [7, 11) is -6.34. The summed E-state index contributed by atoms with van der Waals surface area (Å²) in [4.78, 5) is 8.68. The van der Waals surface area contributed by atoms with Crippen LogP contribution in [0, 0.1) is 0 Å². The largest absolute Gasteiger partial charge is 0.522 e. The van der Waals surface area contributed by atoms with Crippen molar-refractivity contribution in [3.63, 3.8) is 0 Å². The van der Waals surface area contributed by atoms with Crippen molar-refractivity contribution < 1.29 is 22.6 Å². The van der Waals surface area contributed by atoms with Crippen molar-refractivity contribution in [2.75, 3.05) is 18.8 Å². The van der Waals surface area contributed by atoms with E-state index in [0.29, 0.717) is 18.2 Å². The van der Waals surface area contributed by atoms with Gasteiger partial charge in [0.2, 0.25) is 6.29 Å². The molecule has 0 amide bonds. The molecule has 0 bridgehead atoms. The third-order valence-electron chi connectivity index (χ3n) is 2.47. The predicted octanol–water partition coefficient (Wildman–Crippen LogP) is 2.49. The molecule has 114 valence electrons. The van der Waals surface area contributed by atoms with Gasteiger partial charge in [0.05, 0.1) is 5.88 Å². The van der Waals surface area contributed by atoms with Gasteiger partial charge >= 0.3 is 8.03 Å². The molecule has 0 fully saturated rings. The average molecular weight is 369 g/mol. The Labute approximate surface area is 131 Å².